The normalized spacial score (nSPS) is 20.8. The second-order valence-electron chi connectivity index (χ2n) is 8.58. The molecule has 4 rings (SSSR count). The van der Waals surface area contributed by atoms with Crippen LogP contribution in [0.4, 0.5) is 4.79 Å². The van der Waals surface area contributed by atoms with Crippen LogP contribution in [0.15, 0.2) is 91.0 Å². The Bertz CT molecular complexity index is 913. The minimum absolute atomic E-state index is 0.00434. The topological polar surface area (TPSA) is 67.8 Å². The number of nitrogens with one attached hydrogen (secondary N) is 1. The first-order valence-electron chi connectivity index (χ1n) is 11.5. The largest absolute Gasteiger partial charge is 0.465 e. The van der Waals surface area contributed by atoms with E-state index >= 15 is 0 Å². The molecule has 3 aromatic carbocycles. The van der Waals surface area contributed by atoms with Gasteiger partial charge >= 0.3 is 6.09 Å². The van der Waals surface area contributed by atoms with Gasteiger partial charge in [-0.2, -0.15) is 0 Å². The predicted molar refractivity (Wildman–Crippen MR) is 128 cm³/mol. The van der Waals surface area contributed by atoms with E-state index in [1.165, 1.54) is 0 Å². The first kappa shape index (κ1) is 23.0. The van der Waals surface area contributed by atoms with Gasteiger partial charge in [-0.05, 0) is 36.0 Å². The lowest BCUT2D eigenvalue weighted by atomic mass is 9.79. The molecule has 1 aliphatic carbocycles. The zero-order valence-electron chi connectivity index (χ0n) is 18.9. The fourth-order valence-corrected chi connectivity index (χ4v) is 4.97. The second-order valence-corrected chi connectivity index (χ2v) is 8.58. The molecule has 0 unspecified atom stereocenters. The molecule has 3 aromatic rings. The van der Waals surface area contributed by atoms with Gasteiger partial charge in [0.15, 0.2) is 0 Å². The number of methoxy groups -OCH3 is 1. The number of hydrogen-bond acceptors (Lipinski definition) is 3. The molecule has 2 N–H and O–H groups in total. The van der Waals surface area contributed by atoms with E-state index in [-0.39, 0.29) is 18.1 Å². The minimum Gasteiger partial charge on any atom is -0.465 e. The highest BCUT2D eigenvalue weighted by Crippen LogP contribution is 2.41. The van der Waals surface area contributed by atoms with Crippen LogP contribution in [0.3, 0.4) is 0 Å². The molecule has 0 bridgehead atoms. The van der Waals surface area contributed by atoms with Crippen LogP contribution in [0, 0.1) is 5.92 Å². The standard InChI is InChI=1S/C28H31NO4/c1-32-25-17-18-26(29-27(30)31)21(19-25)20-33-28(22-11-5-2-6-12-22,23-13-7-3-8-14-23)24-15-9-4-10-16-24/h2-16,21,25-26,29H,17-20H2,1H3,(H,30,31)/t21-,25-,26+/m1/s1. The summed E-state index contributed by atoms with van der Waals surface area (Å²) in [6, 6.07) is 30.5. The first-order chi connectivity index (χ1) is 16.1. The highest BCUT2D eigenvalue weighted by Gasteiger charge is 2.40. The van der Waals surface area contributed by atoms with E-state index in [2.05, 4.69) is 41.7 Å². The second kappa shape index (κ2) is 10.6. The molecule has 172 valence electrons. The Morgan fingerprint density at radius 3 is 1.79 bits per heavy atom. The Hall–Kier alpha value is -3.15. The van der Waals surface area contributed by atoms with Crippen LogP contribution in [0.2, 0.25) is 0 Å². The van der Waals surface area contributed by atoms with Crippen LogP contribution < -0.4 is 5.32 Å². The van der Waals surface area contributed by atoms with Gasteiger partial charge in [-0.3, -0.25) is 0 Å². The molecule has 0 aliphatic heterocycles. The minimum atomic E-state index is -0.999. The molecule has 0 saturated heterocycles. The van der Waals surface area contributed by atoms with E-state index in [1.807, 2.05) is 54.6 Å². The van der Waals surface area contributed by atoms with Crippen molar-refractivity contribution in [2.24, 2.45) is 5.92 Å². The van der Waals surface area contributed by atoms with Gasteiger partial charge in [0.1, 0.15) is 5.60 Å². The van der Waals surface area contributed by atoms with Crippen molar-refractivity contribution < 1.29 is 19.4 Å². The van der Waals surface area contributed by atoms with Crippen LogP contribution in [-0.4, -0.2) is 37.1 Å². The van der Waals surface area contributed by atoms with E-state index in [1.54, 1.807) is 7.11 Å². The molecule has 0 spiro atoms. The summed E-state index contributed by atoms with van der Waals surface area (Å²) in [4.78, 5) is 11.4. The van der Waals surface area contributed by atoms with E-state index in [4.69, 9.17) is 9.47 Å². The number of ether oxygens (including phenoxy) is 2. The third-order valence-corrected chi connectivity index (χ3v) is 6.63. The Kier molecular flexibility index (Phi) is 7.43. The molecule has 1 amide bonds. The van der Waals surface area contributed by atoms with Crippen molar-refractivity contribution in [1.29, 1.82) is 0 Å². The summed E-state index contributed by atoms with van der Waals surface area (Å²) in [5.41, 5.74) is 2.27. The van der Waals surface area contributed by atoms with Crippen LogP contribution in [0.5, 0.6) is 0 Å². The number of carbonyl (C=O) groups is 1. The van der Waals surface area contributed by atoms with Crippen molar-refractivity contribution in [1.82, 2.24) is 5.32 Å². The summed E-state index contributed by atoms with van der Waals surface area (Å²) in [5.74, 6) is -0.00434. The number of carboxylic acid groups (broad SMARTS) is 1. The smallest absolute Gasteiger partial charge is 0.404 e. The molecular formula is C28H31NO4. The zero-order valence-corrected chi connectivity index (χ0v) is 18.9. The molecule has 0 radical (unpaired) electrons. The molecule has 3 atom stereocenters. The molecule has 1 saturated carbocycles. The fraction of sp³-hybridized carbons (Fsp3) is 0.321. The average molecular weight is 446 g/mol. The predicted octanol–water partition coefficient (Wildman–Crippen LogP) is 5.45. The quantitative estimate of drug-likeness (QED) is 0.453. The summed E-state index contributed by atoms with van der Waals surface area (Å²) in [5, 5.41) is 12.1. The highest BCUT2D eigenvalue weighted by molar-refractivity contribution is 5.64. The van der Waals surface area contributed by atoms with Gasteiger partial charge in [0, 0.05) is 19.1 Å². The van der Waals surface area contributed by atoms with E-state index in [0.717, 1.165) is 36.0 Å². The number of hydrogen-bond donors (Lipinski definition) is 2. The molecular weight excluding hydrogens is 414 g/mol. The summed E-state index contributed by atoms with van der Waals surface area (Å²) < 4.78 is 12.6. The van der Waals surface area contributed by atoms with E-state index in [9.17, 15) is 9.90 Å². The SMILES string of the molecule is CO[C@@H]1CC[C@H](NC(=O)O)[C@@H](COC(c2ccccc2)(c2ccccc2)c2ccccc2)C1. The number of amides is 1. The summed E-state index contributed by atoms with van der Waals surface area (Å²) in [6.45, 7) is 0.392. The van der Waals surface area contributed by atoms with Crippen LogP contribution in [0.1, 0.15) is 36.0 Å². The third-order valence-electron chi connectivity index (χ3n) is 6.63. The third kappa shape index (κ3) is 5.10. The lowest BCUT2D eigenvalue weighted by Gasteiger charge is -2.40. The van der Waals surface area contributed by atoms with Crippen molar-refractivity contribution in [2.75, 3.05) is 13.7 Å². The van der Waals surface area contributed by atoms with Crippen LogP contribution in [-0.2, 0) is 15.1 Å². The van der Waals surface area contributed by atoms with Gasteiger partial charge in [0.2, 0.25) is 0 Å². The fourth-order valence-electron chi connectivity index (χ4n) is 4.97. The molecule has 0 heterocycles. The summed E-state index contributed by atoms with van der Waals surface area (Å²) >= 11 is 0. The zero-order chi connectivity index (χ0) is 23.1. The Morgan fingerprint density at radius 1 is 0.879 bits per heavy atom. The molecule has 0 aromatic heterocycles. The van der Waals surface area contributed by atoms with Gasteiger partial charge in [-0.1, -0.05) is 91.0 Å². The van der Waals surface area contributed by atoms with Gasteiger partial charge < -0.3 is 19.9 Å². The molecule has 1 aliphatic rings. The van der Waals surface area contributed by atoms with Crippen molar-refractivity contribution in [3.05, 3.63) is 108 Å². The molecule has 33 heavy (non-hydrogen) atoms. The number of benzene rings is 3. The van der Waals surface area contributed by atoms with Crippen molar-refractivity contribution in [3.8, 4) is 0 Å². The van der Waals surface area contributed by atoms with Gasteiger partial charge in [0.05, 0.1) is 12.7 Å². The molecule has 1 fully saturated rings. The van der Waals surface area contributed by atoms with Gasteiger partial charge in [0.25, 0.3) is 0 Å². The Balaban J connectivity index is 1.76. The van der Waals surface area contributed by atoms with E-state index < -0.39 is 11.7 Å². The summed E-state index contributed by atoms with van der Waals surface area (Å²) in [7, 11) is 1.72. The van der Waals surface area contributed by atoms with Crippen molar-refractivity contribution in [2.45, 2.75) is 37.0 Å². The van der Waals surface area contributed by atoms with Crippen LogP contribution in [0.25, 0.3) is 0 Å². The maximum Gasteiger partial charge on any atom is 0.404 e. The van der Waals surface area contributed by atoms with Gasteiger partial charge in [-0.15, -0.1) is 0 Å². The lowest BCUT2D eigenvalue weighted by molar-refractivity contribution is -0.0427. The Labute approximate surface area is 195 Å². The number of rotatable bonds is 8. The van der Waals surface area contributed by atoms with Crippen LogP contribution >= 0.6 is 0 Å². The van der Waals surface area contributed by atoms with Gasteiger partial charge in [-0.25, -0.2) is 4.79 Å². The molecule has 5 heteroatoms. The average Bonchev–Trinajstić information content (AvgIpc) is 2.87. The van der Waals surface area contributed by atoms with Crippen molar-refractivity contribution >= 4 is 6.09 Å². The van der Waals surface area contributed by atoms with Crippen molar-refractivity contribution in [3.63, 3.8) is 0 Å². The monoisotopic (exact) mass is 445 g/mol. The first-order valence-corrected chi connectivity index (χ1v) is 11.5. The maximum atomic E-state index is 11.4. The maximum absolute atomic E-state index is 11.4. The Morgan fingerprint density at radius 2 is 1.36 bits per heavy atom. The highest BCUT2D eigenvalue weighted by atomic mass is 16.5. The van der Waals surface area contributed by atoms with E-state index in [0.29, 0.717) is 6.61 Å². The lowest BCUT2D eigenvalue weighted by Crippen LogP contribution is -2.47. The molecule has 5 nitrogen and oxygen atoms in total. The summed E-state index contributed by atoms with van der Waals surface area (Å²) in [6.07, 6.45) is 1.41.